The zero-order valence-electron chi connectivity index (χ0n) is 23.6. The monoisotopic (exact) mass is 551 g/mol. The molecule has 0 saturated carbocycles. The predicted octanol–water partition coefficient (Wildman–Crippen LogP) is 4.81. The minimum atomic E-state index is -1.06. The van der Waals surface area contributed by atoms with Crippen molar-refractivity contribution in [1.29, 1.82) is 0 Å². The molecular weight excluding hydrogens is 512 g/mol. The number of benzene rings is 3. The van der Waals surface area contributed by atoms with Gasteiger partial charge in [-0.1, -0.05) is 38.1 Å². The lowest BCUT2D eigenvalue weighted by atomic mass is 9.99. The first kappa shape index (κ1) is 30.9. The van der Waals surface area contributed by atoms with Crippen LogP contribution in [-0.4, -0.2) is 54.1 Å². The Kier molecular flexibility index (Phi) is 11.3. The van der Waals surface area contributed by atoms with Gasteiger partial charge in [-0.05, 0) is 78.8 Å². The van der Waals surface area contributed by atoms with E-state index in [2.05, 4.69) is 23.6 Å². The predicted molar refractivity (Wildman–Crippen MR) is 153 cm³/mol. The smallest absolute Gasteiger partial charge is 0.253 e. The van der Waals surface area contributed by atoms with Gasteiger partial charge in [-0.15, -0.1) is 0 Å². The van der Waals surface area contributed by atoms with E-state index in [1.54, 1.807) is 31.0 Å². The second-order valence-electron chi connectivity index (χ2n) is 10.2. The van der Waals surface area contributed by atoms with Crippen LogP contribution >= 0.6 is 0 Å². The van der Waals surface area contributed by atoms with Crippen molar-refractivity contribution in [3.05, 3.63) is 106 Å². The maximum Gasteiger partial charge on any atom is 0.253 e. The number of aliphatic hydroxyl groups is 1. The summed E-state index contributed by atoms with van der Waals surface area (Å²) in [6.07, 6.45) is 0.660. The molecule has 0 spiro atoms. The number of aryl methyl sites for hydroxylation is 2. The van der Waals surface area contributed by atoms with Crippen LogP contribution in [0.4, 0.5) is 8.78 Å². The van der Waals surface area contributed by atoms with E-state index in [1.165, 1.54) is 23.8 Å². The standard InChI is InChI=1S/C32H39F2N3O3/c1-5-10-37(4)32(40)26-12-21(3)11-25(17-26)31(39)36-29(16-24-14-27(33)18-28(34)15-24)30(38)20-35-19-23-9-7-8-22(6-2)13-23/h7-9,11-15,17-18,29-30,35,38H,5-6,10,16,19-20H2,1-4H3,(H,36,39)/t29-,30+/m0/s1. The molecule has 0 aromatic heterocycles. The highest BCUT2D eigenvalue weighted by Crippen LogP contribution is 2.16. The molecule has 214 valence electrons. The third-order valence-electron chi connectivity index (χ3n) is 6.73. The van der Waals surface area contributed by atoms with Crippen molar-refractivity contribution in [2.45, 2.75) is 58.7 Å². The first-order valence-electron chi connectivity index (χ1n) is 13.7. The topological polar surface area (TPSA) is 81.7 Å². The summed E-state index contributed by atoms with van der Waals surface area (Å²) >= 11 is 0. The van der Waals surface area contributed by atoms with Crippen LogP contribution in [0.1, 0.15) is 63.2 Å². The number of amides is 2. The van der Waals surface area contributed by atoms with Gasteiger partial charge >= 0.3 is 0 Å². The van der Waals surface area contributed by atoms with E-state index in [0.29, 0.717) is 24.2 Å². The van der Waals surface area contributed by atoms with Gasteiger partial charge in [0, 0.05) is 43.9 Å². The summed E-state index contributed by atoms with van der Waals surface area (Å²) < 4.78 is 27.8. The molecule has 2 atom stereocenters. The van der Waals surface area contributed by atoms with Gasteiger partial charge in [0.15, 0.2) is 0 Å². The zero-order valence-corrected chi connectivity index (χ0v) is 23.6. The van der Waals surface area contributed by atoms with Crippen molar-refractivity contribution in [2.24, 2.45) is 0 Å². The Morgan fingerprint density at radius 3 is 2.27 bits per heavy atom. The van der Waals surface area contributed by atoms with E-state index < -0.39 is 29.7 Å². The SMILES string of the molecule is CCCN(C)C(=O)c1cc(C)cc(C(=O)N[C@@H](Cc2cc(F)cc(F)c2)[C@H](O)CNCc2cccc(CC)c2)c1. The summed E-state index contributed by atoms with van der Waals surface area (Å²) in [7, 11) is 1.71. The molecule has 6 nitrogen and oxygen atoms in total. The maximum atomic E-state index is 13.9. The Balaban J connectivity index is 1.79. The van der Waals surface area contributed by atoms with Crippen LogP contribution in [-0.2, 0) is 19.4 Å². The normalized spacial score (nSPS) is 12.6. The van der Waals surface area contributed by atoms with Crippen LogP contribution in [0.5, 0.6) is 0 Å². The van der Waals surface area contributed by atoms with E-state index in [1.807, 2.05) is 25.1 Å². The largest absolute Gasteiger partial charge is 0.390 e. The first-order chi connectivity index (χ1) is 19.1. The van der Waals surface area contributed by atoms with Gasteiger partial charge in [0.1, 0.15) is 11.6 Å². The van der Waals surface area contributed by atoms with Crippen molar-refractivity contribution >= 4 is 11.8 Å². The summed E-state index contributed by atoms with van der Waals surface area (Å²) in [5.41, 5.74) is 3.96. The Morgan fingerprint density at radius 2 is 1.60 bits per heavy atom. The van der Waals surface area contributed by atoms with E-state index in [9.17, 15) is 23.5 Å². The molecule has 8 heteroatoms. The number of carbonyl (C=O) groups excluding carboxylic acids is 2. The summed E-state index contributed by atoms with van der Waals surface area (Å²) in [6.45, 7) is 7.09. The van der Waals surface area contributed by atoms with Gasteiger partial charge in [0.05, 0.1) is 12.1 Å². The minimum Gasteiger partial charge on any atom is -0.390 e. The summed E-state index contributed by atoms with van der Waals surface area (Å²) in [4.78, 5) is 27.8. The van der Waals surface area contributed by atoms with Crippen molar-refractivity contribution in [2.75, 3.05) is 20.1 Å². The highest BCUT2D eigenvalue weighted by Gasteiger charge is 2.24. The molecule has 2 amide bonds. The van der Waals surface area contributed by atoms with Crippen molar-refractivity contribution in [1.82, 2.24) is 15.5 Å². The molecule has 3 aromatic carbocycles. The Morgan fingerprint density at radius 1 is 0.925 bits per heavy atom. The molecule has 0 aliphatic rings. The van der Waals surface area contributed by atoms with Crippen LogP contribution in [0.15, 0.2) is 60.7 Å². The van der Waals surface area contributed by atoms with Gasteiger partial charge in [0.25, 0.3) is 11.8 Å². The number of carbonyl (C=O) groups is 2. The average molecular weight is 552 g/mol. The van der Waals surface area contributed by atoms with Crippen molar-refractivity contribution < 1.29 is 23.5 Å². The van der Waals surface area contributed by atoms with Crippen LogP contribution < -0.4 is 10.6 Å². The molecule has 0 radical (unpaired) electrons. The first-order valence-corrected chi connectivity index (χ1v) is 13.7. The Bertz CT molecular complexity index is 1290. The van der Waals surface area contributed by atoms with Crippen LogP contribution in [0.25, 0.3) is 0 Å². The van der Waals surface area contributed by atoms with Crippen molar-refractivity contribution in [3.63, 3.8) is 0 Å². The fraction of sp³-hybridized carbons (Fsp3) is 0.375. The van der Waals surface area contributed by atoms with E-state index in [-0.39, 0.29) is 24.4 Å². The number of nitrogens with zero attached hydrogens (tertiary/aromatic N) is 1. The lowest BCUT2D eigenvalue weighted by Crippen LogP contribution is -2.48. The molecule has 0 fully saturated rings. The fourth-order valence-corrected chi connectivity index (χ4v) is 4.68. The highest BCUT2D eigenvalue weighted by atomic mass is 19.1. The second-order valence-corrected chi connectivity index (χ2v) is 10.2. The summed E-state index contributed by atoms with van der Waals surface area (Å²) in [6, 6.07) is 15.3. The van der Waals surface area contributed by atoms with E-state index in [4.69, 9.17) is 0 Å². The number of nitrogens with one attached hydrogen (secondary N) is 2. The van der Waals surface area contributed by atoms with Gasteiger partial charge in [-0.3, -0.25) is 9.59 Å². The lowest BCUT2D eigenvalue weighted by molar-refractivity contribution is 0.0795. The third kappa shape index (κ3) is 8.96. The second kappa shape index (κ2) is 14.7. The Hall–Kier alpha value is -3.62. The van der Waals surface area contributed by atoms with Gasteiger partial charge in [-0.25, -0.2) is 8.78 Å². The Labute approximate surface area is 235 Å². The maximum absolute atomic E-state index is 13.9. The van der Waals surface area contributed by atoms with Crippen LogP contribution in [0.3, 0.4) is 0 Å². The molecule has 0 heterocycles. The number of hydrogen-bond acceptors (Lipinski definition) is 4. The molecule has 3 rings (SSSR count). The van der Waals surface area contributed by atoms with Crippen LogP contribution in [0.2, 0.25) is 0 Å². The van der Waals surface area contributed by atoms with E-state index >= 15 is 0 Å². The zero-order chi connectivity index (χ0) is 29.2. The summed E-state index contributed by atoms with van der Waals surface area (Å²) in [5.74, 6) is -2.15. The molecule has 0 aliphatic heterocycles. The van der Waals surface area contributed by atoms with Gasteiger partial charge in [-0.2, -0.15) is 0 Å². The molecule has 0 saturated heterocycles. The fourth-order valence-electron chi connectivity index (χ4n) is 4.68. The molecule has 40 heavy (non-hydrogen) atoms. The molecular formula is C32H39F2N3O3. The number of rotatable bonds is 13. The molecule has 3 aromatic rings. The number of aliphatic hydroxyl groups excluding tert-OH is 1. The number of halogens is 2. The lowest BCUT2D eigenvalue weighted by Gasteiger charge is -2.25. The molecule has 3 N–H and O–H groups in total. The number of hydrogen-bond donors (Lipinski definition) is 3. The molecule has 0 bridgehead atoms. The van der Waals surface area contributed by atoms with Gasteiger partial charge < -0.3 is 20.6 Å². The van der Waals surface area contributed by atoms with E-state index in [0.717, 1.165) is 30.0 Å². The highest BCUT2D eigenvalue weighted by molar-refractivity contribution is 6.00. The van der Waals surface area contributed by atoms with Crippen molar-refractivity contribution in [3.8, 4) is 0 Å². The minimum absolute atomic E-state index is 0.00538. The molecule has 0 unspecified atom stereocenters. The third-order valence-corrected chi connectivity index (χ3v) is 6.73. The van der Waals surface area contributed by atoms with Crippen LogP contribution in [0, 0.1) is 18.6 Å². The molecule has 0 aliphatic carbocycles. The summed E-state index contributed by atoms with van der Waals surface area (Å²) in [5, 5.41) is 17.1. The average Bonchev–Trinajstić information content (AvgIpc) is 2.91. The quantitative estimate of drug-likeness (QED) is 0.285. The van der Waals surface area contributed by atoms with Gasteiger partial charge in [0.2, 0.25) is 0 Å².